The molecule has 1 aromatic rings. The Balaban J connectivity index is 2.86. The van der Waals surface area contributed by atoms with Crippen LogP contribution in [0.4, 0.5) is 5.69 Å². The Morgan fingerprint density at radius 3 is 2.65 bits per heavy atom. The van der Waals surface area contributed by atoms with Gasteiger partial charge in [0.25, 0.3) is 0 Å². The Kier molecular flexibility index (Phi) is 5.55. The molecular formula is C15H20ClN3O. The molecule has 108 valence electrons. The van der Waals surface area contributed by atoms with E-state index in [0.29, 0.717) is 22.7 Å². The first kappa shape index (κ1) is 16.5. The maximum Gasteiger partial charge on any atom is 0.228 e. The number of anilines is 1. The van der Waals surface area contributed by atoms with Crippen LogP contribution in [0.15, 0.2) is 18.2 Å². The van der Waals surface area contributed by atoms with Gasteiger partial charge in [-0.3, -0.25) is 4.79 Å². The van der Waals surface area contributed by atoms with Gasteiger partial charge in [-0.15, -0.1) is 0 Å². The Labute approximate surface area is 124 Å². The molecule has 0 heterocycles. The summed E-state index contributed by atoms with van der Waals surface area (Å²) >= 11 is 6.02. The lowest BCUT2D eigenvalue weighted by Gasteiger charge is -2.24. The van der Waals surface area contributed by atoms with Gasteiger partial charge in [-0.05, 0) is 30.0 Å². The van der Waals surface area contributed by atoms with Gasteiger partial charge in [-0.25, -0.2) is 0 Å². The summed E-state index contributed by atoms with van der Waals surface area (Å²) in [7, 11) is 0. The maximum atomic E-state index is 12.2. The van der Waals surface area contributed by atoms with Crippen LogP contribution in [-0.2, 0) is 4.79 Å². The summed E-state index contributed by atoms with van der Waals surface area (Å²) in [5.74, 6) is -0.448. The third-order valence-corrected chi connectivity index (χ3v) is 3.20. The summed E-state index contributed by atoms with van der Waals surface area (Å²) < 4.78 is 0. The lowest BCUT2D eigenvalue weighted by atomic mass is 9.84. The SMILES string of the molecule is CC(C)(C)CC(CN)C(=O)Nc1cc(C#N)ccc1Cl. The molecule has 1 atom stereocenters. The first-order valence-electron chi connectivity index (χ1n) is 6.47. The summed E-state index contributed by atoms with van der Waals surface area (Å²) in [5, 5.41) is 12.0. The number of nitrogens with one attached hydrogen (secondary N) is 1. The highest BCUT2D eigenvalue weighted by atomic mass is 35.5. The van der Waals surface area contributed by atoms with Crippen LogP contribution in [-0.4, -0.2) is 12.5 Å². The highest BCUT2D eigenvalue weighted by molar-refractivity contribution is 6.33. The molecule has 5 heteroatoms. The van der Waals surface area contributed by atoms with Crippen LogP contribution in [0.25, 0.3) is 0 Å². The molecule has 3 N–H and O–H groups in total. The van der Waals surface area contributed by atoms with Crippen molar-refractivity contribution in [1.29, 1.82) is 5.26 Å². The summed E-state index contributed by atoms with van der Waals surface area (Å²) in [6, 6.07) is 6.77. The van der Waals surface area contributed by atoms with Crippen molar-refractivity contribution in [2.24, 2.45) is 17.1 Å². The molecule has 0 aliphatic heterocycles. The molecule has 20 heavy (non-hydrogen) atoms. The number of benzene rings is 1. The smallest absolute Gasteiger partial charge is 0.228 e. The molecule has 0 saturated heterocycles. The van der Waals surface area contributed by atoms with Gasteiger partial charge in [-0.2, -0.15) is 5.26 Å². The average molecular weight is 294 g/mol. The number of halogens is 1. The third-order valence-electron chi connectivity index (χ3n) is 2.87. The first-order valence-corrected chi connectivity index (χ1v) is 6.85. The van der Waals surface area contributed by atoms with Gasteiger partial charge in [0.15, 0.2) is 0 Å². The second-order valence-electron chi connectivity index (χ2n) is 5.99. The summed E-state index contributed by atoms with van der Waals surface area (Å²) in [5.41, 5.74) is 6.59. The fraction of sp³-hybridized carbons (Fsp3) is 0.467. The molecule has 1 amide bonds. The van der Waals surface area contributed by atoms with Crippen LogP contribution >= 0.6 is 11.6 Å². The number of nitrogens with two attached hydrogens (primary N) is 1. The molecule has 1 unspecified atom stereocenters. The number of carbonyl (C=O) groups excluding carboxylic acids is 1. The predicted molar refractivity (Wildman–Crippen MR) is 81.4 cm³/mol. The Morgan fingerprint density at radius 2 is 2.15 bits per heavy atom. The molecule has 0 bridgehead atoms. The van der Waals surface area contributed by atoms with Crippen LogP contribution in [0.2, 0.25) is 5.02 Å². The molecule has 1 rings (SSSR count). The maximum absolute atomic E-state index is 12.2. The first-order chi connectivity index (χ1) is 9.26. The van der Waals surface area contributed by atoms with Crippen LogP contribution in [0.3, 0.4) is 0 Å². The number of hydrogen-bond acceptors (Lipinski definition) is 3. The van der Waals surface area contributed by atoms with Crippen molar-refractivity contribution in [1.82, 2.24) is 0 Å². The molecule has 0 radical (unpaired) electrons. The standard InChI is InChI=1S/C15H20ClN3O/c1-15(2,3)7-11(9-18)14(20)19-13-6-10(8-17)4-5-12(13)16/h4-6,11H,7,9,18H2,1-3H3,(H,19,20). The quantitative estimate of drug-likeness (QED) is 0.895. The van der Waals surface area contributed by atoms with E-state index in [-0.39, 0.29) is 23.8 Å². The van der Waals surface area contributed by atoms with Crippen molar-refractivity contribution in [2.45, 2.75) is 27.2 Å². The monoisotopic (exact) mass is 293 g/mol. The Morgan fingerprint density at radius 1 is 1.50 bits per heavy atom. The third kappa shape index (κ3) is 4.84. The summed E-state index contributed by atoms with van der Waals surface area (Å²) in [6.45, 7) is 6.46. The van der Waals surface area contributed by atoms with E-state index in [9.17, 15) is 4.79 Å². The Hall–Kier alpha value is -1.57. The van der Waals surface area contributed by atoms with E-state index in [2.05, 4.69) is 26.1 Å². The average Bonchev–Trinajstić information content (AvgIpc) is 2.37. The molecular weight excluding hydrogens is 274 g/mol. The lowest BCUT2D eigenvalue weighted by molar-refractivity contribution is -0.120. The molecule has 4 nitrogen and oxygen atoms in total. The number of hydrogen-bond donors (Lipinski definition) is 2. The number of carbonyl (C=O) groups is 1. The van der Waals surface area contributed by atoms with E-state index in [0.717, 1.165) is 0 Å². The minimum atomic E-state index is -0.281. The van der Waals surface area contributed by atoms with E-state index in [4.69, 9.17) is 22.6 Å². The lowest BCUT2D eigenvalue weighted by Crippen LogP contribution is -2.32. The van der Waals surface area contributed by atoms with Gasteiger partial charge in [0.2, 0.25) is 5.91 Å². The molecule has 0 fully saturated rings. The fourth-order valence-corrected chi connectivity index (χ4v) is 2.11. The predicted octanol–water partition coefficient (Wildman–Crippen LogP) is 3.16. The Bertz CT molecular complexity index is 529. The van der Waals surface area contributed by atoms with Crippen molar-refractivity contribution in [3.05, 3.63) is 28.8 Å². The largest absolute Gasteiger partial charge is 0.330 e. The van der Waals surface area contributed by atoms with Gasteiger partial charge in [0.1, 0.15) is 0 Å². The number of nitrogens with zero attached hydrogens (tertiary/aromatic N) is 1. The van der Waals surface area contributed by atoms with Crippen LogP contribution in [0.5, 0.6) is 0 Å². The van der Waals surface area contributed by atoms with Crippen LogP contribution < -0.4 is 11.1 Å². The fourth-order valence-electron chi connectivity index (χ4n) is 1.95. The second kappa shape index (κ2) is 6.74. The van der Waals surface area contributed by atoms with E-state index < -0.39 is 0 Å². The van der Waals surface area contributed by atoms with Crippen LogP contribution in [0, 0.1) is 22.7 Å². The van der Waals surface area contributed by atoms with E-state index >= 15 is 0 Å². The highest BCUT2D eigenvalue weighted by Crippen LogP contribution is 2.27. The van der Waals surface area contributed by atoms with E-state index in [1.165, 1.54) is 0 Å². The van der Waals surface area contributed by atoms with E-state index in [1.54, 1.807) is 18.2 Å². The normalized spacial score (nSPS) is 12.6. The van der Waals surface area contributed by atoms with Crippen molar-refractivity contribution >= 4 is 23.2 Å². The number of rotatable bonds is 4. The zero-order valence-electron chi connectivity index (χ0n) is 12.0. The molecule has 0 aromatic heterocycles. The van der Waals surface area contributed by atoms with Crippen molar-refractivity contribution in [3.63, 3.8) is 0 Å². The zero-order chi connectivity index (χ0) is 15.3. The van der Waals surface area contributed by atoms with Gasteiger partial charge >= 0.3 is 0 Å². The van der Waals surface area contributed by atoms with Gasteiger partial charge in [0.05, 0.1) is 28.3 Å². The molecule has 0 saturated carbocycles. The molecule has 0 spiro atoms. The minimum Gasteiger partial charge on any atom is -0.330 e. The molecule has 0 aliphatic carbocycles. The van der Waals surface area contributed by atoms with Gasteiger partial charge in [0, 0.05) is 6.54 Å². The molecule has 1 aromatic carbocycles. The van der Waals surface area contributed by atoms with Crippen LogP contribution in [0.1, 0.15) is 32.8 Å². The van der Waals surface area contributed by atoms with E-state index in [1.807, 2.05) is 6.07 Å². The van der Waals surface area contributed by atoms with Gasteiger partial charge < -0.3 is 11.1 Å². The minimum absolute atomic E-state index is 0.0136. The summed E-state index contributed by atoms with van der Waals surface area (Å²) in [4.78, 5) is 12.2. The van der Waals surface area contributed by atoms with Gasteiger partial charge in [-0.1, -0.05) is 32.4 Å². The molecule has 0 aliphatic rings. The van der Waals surface area contributed by atoms with Crippen molar-refractivity contribution in [2.75, 3.05) is 11.9 Å². The second-order valence-corrected chi connectivity index (χ2v) is 6.40. The zero-order valence-corrected chi connectivity index (χ0v) is 12.8. The summed E-state index contributed by atoms with van der Waals surface area (Å²) in [6.07, 6.45) is 0.685. The van der Waals surface area contributed by atoms with Crippen molar-refractivity contribution in [3.8, 4) is 6.07 Å². The highest BCUT2D eigenvalue weighted by Gasteiger charge is 2.24. The number of amides is 1. The number of nitriles is 1. The topological polar surface area (TPSA) is 78.9 Å². The van der Waals surface area contributed by atoms with Crippen molar-refractivity contribution < 1.29 is 4.79 Å².